The number of furan rings is 1. The summed E-state index contributed by atoms with van der Waals surface area (Å²) in [7, 11) is 0. The van der Waals surface area contributed by atoms with Crippen LogP contribution in [0.25, 0.3) is 0 Å². The Morgan fingerprint density at radius 3 is 2.81 bits per heavy atom. The lowest BCUT2D eigenvalue weighted by Crippen LogP contribution is -2.20. The molecule has 2 nitrogen and oxygen atoms in total. The molecule has 1 atom stereocenters. The van der Waals surface area contributed by atoms with Crippen LogP contribution in [0.5, 0.6) is 0 Å². The molecule has 0 saturated carbocycles. The molecule has 5 heteroatoms. The Morgan fingerprint density at radius 2 is 2.31 bits per heavy atom. The molecule has 0 aliphatic rings. The van der Waals surface area contributed by atoms with Crippen LogP contribution in [-0.4, -0.2) is 6.54 Å². The maximum atomic E-state index is 5.80. The van der Waals surface area contributed by atoms with E-state index in [9.17, 15) is 0 Å². The van der Waals surface area contributed by atoms with Crippen molar-refractivity contribution in [2.75, 3.05) is 6.54 Å². The molecule has 2 heterocycles. The second-order valence-corrected chi connectivity index (χ2v) is 5.44. The first-order valence-corrected chi connectivity index (χ1v) is 6.99. The summed E-state index contributed by atoms with van der Waals surface area (Å²) in [6.07, 6.45) is 0. The van der Waals surface area contributed by atoms with Crippen molar-refractivity contribution in [1.82, 2.24) is 5.32 Å². The second-order valence-electron chi connectivity index (χ2n) is 3.27. The maximum absolute atomic E-state index is 5.80. The van der Waals surface area contributed by atoms with Crippen LogP contribution in [0.4, 0.5) is 0 Å². The van der Waals surface area contributed by atoms with E-state index in [1.54, 1.807) is 17.4 Å². The molecule has 2 aromatic rings. The van der Waals surface area contributed by atoms with E-state index in [-0.39, 0.29) is 6.04 Å². The third kappa shape index (κ3) is 2.51. The number of halogens is 2. The molecule has 16 heavy (non-hydrogen) atoms. The molecule has 0 spiro atoms. The van der Waals surface area contributed by atoms with Crippen LogP contribution < -0.4 is 5.32 Å². The quantitative estimate of drug-likeness (QED) is 0.900. The SMILES string of the molecule is CCNC(c1ccc(Cl)o1)c1sccc1Br. The van der Waals surface area contributed by atoms with Gasteiger partial charge in [-0.1, -0.05) is 6.92 Å². The van der Waals surface area contributed by atoms with Gasteiger partial charge in [0.1, 0.15) is 11.8 Å². The Balaban J connectivity index is 2.34. The average molecular weight is 321 g/mol. The summed E-state index contributed by atoms with van der Waals surface area (Å²) in [6, 6.07) is 5.77. The Morgan fingerprint density at radius 1 is 1.50 bits per heavy atom. The second kappa shape index (κ2) is 5.36. The molecule has 1 unspecified atom stereocenters. The highest BCUT2D eigenvalue weighted by molar-refractivity contribution is 9.10. The van der Waals surface area contributed by atoms with Crippen LogP contribution >= 0.6 is 38.9 Å². The lowest BCUT2D eigenvalue weighted by Gasteiger charge is -2.14. The number of nitrogens with one attached hydrogen (secondary N) is 1. The lowest BCUT2D eigenvalue weighted by atomic mass is 10.2. The van der Waals surface area contributed by atoms with Gasteiger partial charge >= 0.3 is 0 Å². The standard InChI is InChI=1S/C11H11BrClNOS/c1-2-14-10(8-3-4-9(13)15-8)11-7(12)5-6-16-11/h3-6,10,14H,2H2,1H3. The van der Waals surface area contributed by atoms with Crippen LogP contribution in [0.1, 0.15) is 23.6 Å². The molecule has 0 saturated heterocycles. The first-order chi connectivity index (χ1) is 7.72. The number of hydrogen-bond acceptors (Lipinski definition) is 3. The minimum atomic E-state index is 0.0619. The van der Waals surface area contributed by atoms with Gasteiger partial charge in [0.15, 0.2) is 5.22 Å². The average Bonchev–Trinajstić information content (AvgIpc) is 2.84. The predicted octanol–water partition coefficient (Wildman–Crippen LogP) is 4.46. The lowest BCUT2D eigenvalue weighted by molar-refractivity contribution is 0.456. The summed E-state index contributed by atoms with van der Waals surface area (Å²) in [5.74, 6) is 0.843. The van der Waals surface area contributed by atoms with Crippen LogP contribution in [0.2, 0.25) is 5.22 Å². The molecular weight excluding hydrogens is 310 g/mol. The Bertz CT molecular complexity index is 468. The molecule has 0 radical (unpaired) electrons. The van der Waals surface area contributed by atoms with Crippen LogP contribution in [-0.2, 0) is 0 Å². The maximum Gasteiger partial charge on any atom is 0.193 e. The van der Waals surface area contributed by atoms with Crippen molar-refractivity contribution >= 4 is 38.9 Å². The fourth-order valence-corrected chi connectivity index (χ4v) is 3.36. The number of thiophene rings is 1. The van der Waals surface area contributed by atoms with E-state index < -0.39 is 0 Å². The summed E-state index contributed by atoms with van der Waals surface area (Å²) in [6.45, 7) is 2.94. The Labute approximate surface area is 112 Å². The fourth-order valence-electron chi connectivity index (χ4n) is 1.52. The van der Waals surface area contributed by atoms with E-state index in [4.69, 9.17) is 16.0 Å². The predicted molar refractivity (Wildman–Crippen MR) is 71.3 cm³/mol. The van der Waals surface area contributed by atoms with E-state index in [0.29, 0.717) is 5.22 Å². The van der Waals surface area contributed by atoms with Gasteiger partial charge in [0.2, 0.25) is 0 Å². The zero-order valence-electron chi connectivity index (χ0n) is 8.67. The minimum absolute atomic E-state index is 0.0619. The Hall–Kier alpha value is -0.290. The van der Waals surface area contributed by atoms with Gasteiger partial charge in [0.05, 0.1) is 0 Å². The summed E-state index contributed by atoms with van der Waals surface area (Å²) in [5, 5.41) is 5.86. The molecule has 86 valence electrons. The third-order valence-electron chi connectivity index (χ3n) is 2.19. The minimum Gasteiger partial charge on any atom is -0.448 e. The van der Waals surface area contributed by atoms with E-state index in [0.717, 1.165) is 16.8 Å². The normalized spacial score (nSPS) is 12.9. The zero-order chi connectivity index (χ0) is 11.5. The molecular formula is C11H11BrClNOS. The van der Waals surface area contributed by atoms with Gasteiger partial charge in [-0.2, -0.15) is 0 Å². The highest BCUT2D eigenvalue weighted by Gasteiger charge is 2.20. The number of hydrogen-bond donors (Lipinski definition) is 1. The van der Waals surface area contributed by atoms with Crippen molar-refractivity contribution in [1.29, 1.82) is 0 Å². The third-order valence-corrected chi connectivity index (χ3v) is 4.33. The first-order valence-electron chi connectivity index (χ1n) is 4.94. The number of rotatable bonds is 4. The fraction of sp³-hybridized carbons (Fsp3) is 0.273. The molecule has 0 aliphatic heterocycles. The monoisotopic (exact) mass is 319 g/mol. The summed E-state index contributed by atoms with van der Waals surface area (Å²) in [5.41, 5.74) is 0. The van der Waals surface area contributed by atoms with Gasteiger partial charge < -0.3 is 9.73 Å². The highest BCUT2D eigenvalue weighted by atomic mass is 79.9. The van der Waals surface area contributed by atoms with Crippen molar-refractivity contribution in [3.8, 4) is 0 Å². The summed E-state index contributed by atoms with van der Waals surface area (Å²) < 4.78 is 6.56. The van der Waals surface area contributed by atoms with Gasteiger partial charge in [0.25, 0.3) is 0 Å². The summed E-state index contributed by atoms with van der Waals surface area (Å²) in [4.78, 5) is 1.20. The largest absolute Gasteiger partial charge is 0.448 e. The molecule has 0 aliphatic carbocycles. The molecule has 0 amide bonds. The van der Waals surface area contributed by atoms with Crippen LogP contribution in [0.3, 0.4) is 0 Å². The van der Waals surface area contributed by atoms with E-state index in [2.05, 4.69) is 28.2 Å². The van der Waals surface area contributed by atoms with E-state index in [1.807, 2.05) is 17.5 Å². The van der Waals surface area contributed by atoms with Gasteiger partial charge in [-0.05, 0) is 57.7 Å². The van der Waals surface area contributed by atoms with Gasteiger partial charge in [-0.25, -0.2) is 0 Å². The van der Waals surface area contributed by atoms with Gasteiger partial charge in [0, 0.05) is 9.35 Å². The molecule has 0 aromatic carbocycles. The van der Waals surface area contributed by atoms with Crippen molar-refractivity contribution in [3.05, 3.63) is 43.9 Å². The molecule has 0 bridgehead atoms. The molecule has 2 aromatic heterocycles. The topological polar surface area (TPSA) is 25.2 Å². The van der Waals surface area contributed by atoms with Crippen molar-refractivity contribution in [2.24, 2.45) is 0 Å². The first kappa shape index (κ1) is 12.2. The van der Waals surface area contributed by atoms with Crippen molar-refractivity contribution in [3.63, 3.8) is 0 Å². The van der Waals surface area contributed by atoms with Gasteiger partial charge in [-0.15, -0.1) is 11.3 Å². The van der Waals surface area contributed by atoms with Crippen molar-refractivity contribution < 1.29 is 4.42 Å². The molecule has 2 rings (SSSR count). The summed E-state index contributed by atoms with van der Waals surface area (Å²) >= 11 is 11.0. The smallest absolute Gasteiger partial charge is 0.193 e. The van der Waals surface area contributed by atoms with E-state index in [1.165, 1.54) is 4.88 Å². The van der Waals surface area contributed by atoms with Crippen molar-refractivity contribution in [2.45, 2.75) is 13.0 Å². The highest BCUT2D eigenvalue weighted by Crippen LogP contribution is 2.34. The zero-order valence-corrected chi connectivity index (χ0v) is 11.8. The molecule has 0 fully saturated rings. The van der Waals surface area contributed by atoms with Crippen LogP contribution in [0, 0.1) is 0 Å². The Kier molecular flexibility index (Phi) is 4.08. The van der Waals surface area contributed by atoms with Gasteiger partial charge in [-0.3, -0.25) is 0 Å². The van der Waals surface area contributed by atoms with Crippen LogP contribution in [0.15, 0.2) is 32.5 Å². The van der Waals surface area contributed by atoms with E-state index >= 15 is 0 Å². The molecule has 1 N–H and O–H groups in total.